The van der Waals surface area contributed by atoms with Crippen LogP contribution in [0.3, 0.4) is 0 Å². The molecule has 4 heteroatoms. The van der Waals surface area contributed by atoms with Crippen LogP contribution in [0.15, 0.2) is 24.3 Å². The summed E-state index contributed by atoms with van der Waals surface area (Å²) >= 11 is 0. The molecule has 0 aromatic heterocycles. The molecular weight excluding hydrogens is 400 g/mol. The Balaban J connectivity index is 1.67. The third-order valence-electron chi connectivity index (χ3n) is 6.80. The van der Waals surface area contributed by atoms with Gasteiger partial charge in [-0.25, -0.2) is 0 Å². The van der Waals surface area contributed by atoms with Crippen molar-refractivity contribution in [3.8, 4) is 5.75 Å². The molecule has 182 valence electrons. The Hall–Kier alpha value is -1.55. The van der Waals surface area contributed by atoms with E-state index in [9.17, 15) is 9.90 Å². The Kier molecular flexibility index (Phi) is 12.8. The first-order valence-electron chi connectivity index (χ1n) is 13.2. The number of carbonyl (C=O) groups excluding carboxylic acids is 1. The highest BCUT2D eigenvalue weighted by atomic mass is 16.5. The maximum absolute atomic E-state index is 12.4. The van der Waals surface area contributed by atoms with Gasteiger partial charge in [0.2, 0.25) is 0 Å². The summed E-state index contributed by atoms with van der Waals surface area (Å²) in [5.74, 6) is 0.703. The molecule has 0 spiro atoms. The summed E-state index contributed by atoms with van der Waals surface area (Å²) in [4.78, 5) is 12.4. The monoisotopic (exact) mass is 446 g/mol. The van der Waals surface area contributed by atoms with E-state index in [-0.39, 0.29) is 11.9 Å². The van der Waals surface area contributed by atoms with Gasteiger partial charge in [-0.1, -0.05) is 83.8 Å². The van der Waals surface area contributed by atoms with Crippen molar-refractivity contribution in [2.45, 2.75) is 116 Å². The second-order valence-corrected chi connectivity index (χ2v) is 9.53. The summed E-state index contributed by atoms with van der Waals surface area (Å²) in [6, 6.07) is 7.88. The summed E-state index contributed by atoms with van der Waals surface area (Å²) in [6.45, 7) is 5.71. The van der Waals surface area contributed by atoms with Crippen molar-refractivity contribution in [2.75, 3.05) is 13.2 Å². The van der Waals surface area contributed by atoms with Crippen LogP contribution in [-0.4, -0.2) is 24.3 Å². The van der Waals surface area contributed by atoms with Crippen LogP contribution in [0.4, 0.5) is 0 Å². The maximum Gasteiger partial charge on any atom is 0.308 e. The average Bonchev–Trinajstić information content (AvgIpc) is 2.81. The minimum atomic E-state index is -0.852. The minimum Gasteiger partial charge on any atom is -0.494 e. The number of esters is 1. The number of benzene rings is 1. The lowest BCUT2D eigenvalue weighted by Crippen LogP contribution is -2.34. The molecule has 0 heterocycles. The summed E-state index contributed by atoms with van der Waals surface area (Å²) < 4.78 is 11.4. The van der Waals surface area contributed by atoms with E-state index >= 15 is 0 Å². The van der Waals surface area contributed by atoms with Gasteiger partial charge in [0.1, 0.15) is 5.75 Å². The van der Waals surface area contributed by atoms with Gasteiger partial charge in [-0.2, -0.15) is 0 Å². The molecule has 1 aromatic carbocycles. The highest BCUT2D eigenvalue weighted by molar-refractivity contribution is 5.72. The van der Waals surface area contributed by atoms with Crippen LogP contribution < -0.4 is 4.74 Å². The largest absolute Gasteiger partial charge is 0.494 e. The lowest BCUT2D eigenvalue weighted by atomic mass is 9.75. The molecule has 1 aliphatic rings. The van der Waals surface area contributed by atoms with Crippen molar-refractivity contribution in [3.05, 3.63) is 29.8 Å². The van der Waals surface area contributed by atoms with Crippen LogP contribution in [0.25, 0.3) is 0 Å². The lowest BCUT2D eigenvalue weighted by molar-refractivity contribution is -0.152. The van der Waals surface area contributed by atoms with Crippen LogP contribution >= 0.6 is 0 Å². The van der Waals surface area contributed by atoms with Crippen molar-refractivity contribution in [1.82, 2.24) is 0 Å². The zero-order chi connectivity index (χ0) is 23.1. The van der Waals surface area contributed by atoms with Crippen molar-refractivity contribution in [2.24, 2.45) is 5.92 Å². The van der Waals surface area contributed by atoms with Gasteiger partial charge in [0.05, 0.1) is 24.7 Å². The molecule has 1 aliphatic carbocycles. The molecule has 0 aliphatic heterocycles. The van der Waals surface area contributed by atoms with E-state index in [1.54, 1.807) is 0 Å². The number of hydrogen-bond donors (Lipinski definition) is 1. The Morgan fingerprint density at radius 2 is 1.38 bits per heavy atom. The van der Waals surface area contributed by atoms with E-state index in [0.717, 1.165) is 37.2 Å². The molecule has 1 N–H and O–H groups in total. The Labute approximate surface area is 196 Å². The third kappa shape index (κ3) is 9.52. The van der Waals surface area contributed by atoms with Gasteiger partial charge in [0, 0.05) is 0 Å². The van der Waals surface area contributed by atoms with E-state index in [0.29, 0.717) is 32.3 Å². The van der Waals surface area contributed by atoms with E-state index in [1.165, 1.54) is 51.4 Å². The summed E-state index contributed by atoms with van der Waals surface area (Å²) in [5.41, 5.74) is 0.0709. The summed E-state index contributed by atoms with van der Waals surface area (Å²) in [5, 5.41) is 11.2. The van der Waals surface area contributed by atoms with Crippen LogP contribution in [0.1, 0.15) is 116 Å². The number of unbranched alkanes of at least 4 members (excludes halogenated alkanes) is 9. The molecule has 32 heavy (non-hydrogen) atoms. The standard InChI is InChI=1S/C28H46O4/c1-3-5-7-9-11-12-22-31-26-16-14-25(15-17-26)28(30)20-18-24(19-21-28)27(29)32-23-13-10-8-6-4-2/h14-17,24,30H,3-13,18-23H2,1-2H3. The van der Waals surface area contributed by atoms with E-state index < -0.39 is 5.60 Å². The normalized spacial score (nSPS) is 20.8. The van der Waals surface area contributed by atoms with Crippen LogP contribution in [0, 0.1) is 5.92 Å². The van der Waals surface area contributed by atoms with Gasteiger partial charge in [0.15, 0.2) is 0 Å². The summed E-state index contributed by atoms with van der Waals surface area (Å²) in [6.07, 6.45) is 15.9. The highest BCUT2D eigenvalue weighted by Crippen LogP contribution is 2.40. The molecule has 1 fully saturated rings. The van der Waals surface area contributed by atoms with Gasteiger partial charge in [-0.3, -0.25) is 4.79 Å². The van der Waals surface area contributed by atoms with Crippen LogP contribution in [-0.2, 0) is 15.1 Å². The highest BCUT2D eigenvalue weighted by Gasteiger charge is 2.37. The molecule has 0 amide bonds. The van der Waals surface area contributed by atoms with Crippen molar-refractivity contribution < 1.29 is 19.4 Å². The number of carbonyl (C=O) groups is 1. The third-order valence-corrected chi connectivity index (χ3v) is 6.80. The second kappa shape index (κ2) is 15.3. The maximum atomic E-state index is 12.4. The zero-order valence-electron chi connectivity index (χ0n) is 20.6. The molecule has 0 bridgehead atoms. The summed E-state index contributed by atoms with van der Waals surface area (Å²) in [7, 11) is 0. The fourth-order valence-electron chi connectivity index (χ4n) is 4.55. The van der Waals surface area contributed by atoms with Crippen LogP contribution in [0.2, 0.25) is 0 Å². The number of ether oxygens (including phenoxy) is 2. The van der Waals surface area contributed by atoms with Gasteiger partial charge >= 0.3 is 5.97 Å². The van der Waals surface area contributed by atoms with Crippen molar-refractivity contribution in [3.63, 3.8) is 0 Å². The number of rotatable bonds is 16. The Bertz CT molecular complexity index is 617. The van der Waals surface area contributed by atoms with Gasteiger partial charge in [-0.05, 0) is 56.2 Å². The fraction of sp³-hybridized carbons (Fsp3) is 0.750. The molecule has 0 radical (unpaired) electrons. The number of aliphatic hydroxyl groups is 1. The molecule has 2 rings (SSSR count). The first-order chi connectivity index (χ1) is 15.6. The topological polar surface area (TPSA) is 55.8 Å². The molecule has 0 unspecified atom stereocenters. The molecule has 1 saturated carbocycles. The zero-order valence-corrected chi connectivity index (χ0v) is 20.6. The SMILES string of the molecule is CCCCCCCCOc1ccc(C2(O)CCC(C(=O)OCCCCCCC)CC2)cc1. The fourth-order valence-corrected chi connectivity index (χ4v) is 4.55. The number of hydrogen-bond acceptors (Lipinski definition) is 4. The Morgan fingerprint density at radius 3 is 1.97 bits per heavy atom. The molecule has 4 nitrogen and oxygen atoms in total. The van der Waals surface area contributed by atoms with Gasteiger partial charge in [0.25, 0.3) is 0 Å². The second-order valence-electron chi connectivity index (χ2n) is 9.53. The molecule has 1 aromatic rings. The first kappa shape index (κ1) is 26.7. The van der Waals surface area contributed by atoms with Crippen molar-refractivity contribution >= 4 is 5.97 Å². The predicted octanol–water partition coefficient (Wildman–Crippen LogP) is 7.32. The van der Waals surface area contributed by atoms with Gasteiger partial charge < -0.3 is 14.6 Å². The van der Waals surface area contributed by atoms with E-state index in [1.807, 2.05) is 24.3 Å². The molecule has 0 saturated heterocycles. The smallest absolute Gasteiger partial charge is 0.308 e. The molecule has 0 atom stereocenters. The average molecular weight is 447 g/mol. The molecular formula is C28H46O4. The van der Waals surface area contributed by atoms with E-state index in [2.05, 4.69) is 13.8 Å². The quantitative estimate of drug-likeness (QED) is 0.213. The van der Waals surface area contributed by atoms with Gasteiger partial charge in [-0.15, -0.1) is 0 Å². The minimum absolute atomic E-state index is 0.0779. The first-order valence-corrected chi connectivity index (χ1v) is 13.2. The van der Waals surface area contributed by atoms with Crippen LogP contribution in [0.5, 0.6) is 5.75 Å². The van der Waals surface area contributed by atoms with Crippen molar-refractivity contribution in [1.29, 1.82) is 0 Å². The lowest BCUT2D eigenvalue weighted by Gasteiger charge is -2.35. The predicted molar refractivity (Wildman–Crippen MR) is 131 cm³/mol. The Morgan fingerprint density at radius 1 is 0.844 bits per heavy atom. The van der Waals surface area contributed by atoms with E-state index in [4.69, 9.17) is 9.47 Å².